The third-order valence-electron chi connectivity index (χ3n) is 1.36. The van der Waals surface area contributed by atoms with E-state index in [4.69, 9.17) is 9.66 Å². The number of thiol groups is 1. The van der Waals surface area contributed by atoms with Crippen LogP contribution < -0.4 is 5.32 Å². The average molecular weight is 229 g/mol. The van der Waals surface area contributed by atoms with Gasteiger partial charge in [-0.2, -0.15) is 21.0 Å². The Morgan fingerprint density at radius 1 is 1.62 bits per heavy atom. The summed E-state index contributed by atoms with van der Waals surface area (Å²) in [5.41, 5.74) is 0. The van der Waals surface area contributed by atoms with Gasteiger partial charge < -0.3 is 5.11 Å². The van der Waals surface area contributed by atoms with E-state index in [1.54, 1.807) is 0 Å². The molecule has 0 fully saturated rings. The average Bonchev–Trinajstić information content (AvgIpc) is 1.96. The summed E-state index contributed by atoms with van der Waals surface area (Å²) in [7, 11) is -4.25. The Kier molecular flexibility index (Phi) is 4.68. The van der Waals surface area contributed by atoms with Gasteiger partial charge in [0.05, 0.1) is 0 Å². The highest BCUT2D eigenvalue weighted by atomic mass is 32.2. The zero-order chi connectivity index (χ0) is 10.6. The smallest absolute Gasteiger partial charge is 0.321 e. The second-order valence-corrected chi connectivity index (χ2v) is 4.50. The highest BCUT2D eigenvalue weighted by Gasteiger charge is 2.24. The molecule has 0 rings (SSSR count). The number of aliphatic carboxylic acids is 1. The number of carbonyl (C=O) groups is 1. The van der Waals surface area contributed by atoms with Gasteiger partial charge in [-0.15, -0.1) is 0 Å². The van der Waals surface area contributed by atoms with Crippen LogP contribution in [0.3, 0.4) is 0 Å². The van der Waals surface area contributed by atoms with Crippen molar-refractivity contribution in [3.8, 4) is 0 Å². The number of carboxylic acids is 1. The molecule has 78 valence electrons. The molecule has 0 bridgehead atoms. The first-order valence-corrected chi connectivity index (χ1v) is 5.48. The fourth-order valence-corrected chi connectivity index (χ4v) is 1.17. The first-order valence-electron chi connectivity index (χ1n) is 3.35. The monoisotopic (exact) mass is 229 g/mol. The Hall–Kier alpha value is -0.310. The van der Waals surface area contributed by atoms with Crippen LogP contribution >= 0.6 is 12.6 Å². The summed E-state index contributed by atoms with van der Waals surface area (Å²) < 4.78 is 29.5. The highest BCUT2D eigenvalue weighted by Crippen LogP contribution is 1.97. The lowest BCUT2D eigenvalue weighted by atomic mass is 10.3. The Bertz CT molecular complexity index is 275. The molecule has 2 atom stereocenters. The Balaban J connectivity index is 4.34. The molecule has 0 saturated heterocycles. The van der Waals surface area contributed by atoms with Crippen LogP contribution in [-0.2, 0) is 14.9 Å². The molecule has 3 N–H and O–H groups in total. The van der Waals surface area contributed by atoms with Gasteiger partial charge in [0.2, 0.25) is 0 Å². The van der Waals surface area contributed by atoms with Gasteiger partial charge in [0.15, 0.2) is 0 Å². The maximum Gasteiger partial charge on any atom is 0.321 e. The van der Waals surface area contributed by atoms with Crippen molar-refractivity contribution in [2.24, 2.45) is 0 Å². The maximum atomic E-state index is 10.5. The lowest BCUT2D eigenvalue weighted by molar-refractivity contribution is -0.138. The predicted molar refractivity (Wildman–Crippen MR) is 49.4 cm³/mol. The van der Waals surface area contributed by atoms with E-state index in [1.807, 2.05) is 0 Å². The quantitative estimate of drug-likeness (QED) is 0.363. The second kappa shape index (κ2) is 4.80. The van der Waals surface area contributed by atoms with Crippen LogP contribution in [0.15, 0.2) is 0 Å². The molecule has 2 unspecified atom stereocenters. The van der Waals surface area contributed by atoms with Gasteiger partial charge in [0, 0.05) is 5.75 Å². The fraction of sp³-hybridized carbons (Fsp3) is 0.800. The number of nitrogens with one attached hydrogen (secondary N) is 1. The first kappa shape index (κ1) is 12.7. The van der Waals surface area contributed by atoms with Crippen LogP contribution in [0.1, 0.15) is 6.92 Å². The number of hydrogen-bond donors (Lipinski definition) is 4. The van der Waals surface area contributed by atoms with Crippen molar-refractivity contribution in [2.75, 3.05) is 5.75 Å². The molecule has 8 heteroatoms. The topological polar surface area (TPSA) is 104 Å². The second-order valence-electron chi connectivity index (χ2n) is 2.40. The van der Waals surface area contributed by atoms with Gasteiger partial charge in [0.1, 0.15) is 11.4 Å². The zero-order valence-corrected chi connectivity index (χ0v) is 8.55. The van der Waals surface area contributed by atoms with Gasteiger partial charge >= 0.3 is 5.97 Å². The summed E-state index contributed by atoms with van der Waals surface area (Å²) in [5.74, 6) is -1.28. The van der Waals surface area contributed by atoms with Crippen LogP contribution in [0.2, 0.25) is 0 Å². The van der Waals surface area contributed by atoms with E-state index in [9.17, 15) is 13.2 Å². The highest BCUT2D eigenvalue weighted by molar-refractivity contribution is 7.86. The molecule has 0 saturated carbocycles. The van der Waals surface area contributed by atoms with Gasteiger partial charge in [-0.1, -0.05) is 0 Å². The van der Waals surface area contributed by atoms with Crippen LogP contribution in [-0.4, -0.2) is 41.2 Å². The summed E-state index contributed by atoms with van der Waals surface area (Å²) in [5, 5.41) is 9.37. The van der Waals surface area contributed by atoms with Crippen molar-refractivity contribution in [3.63, 3.8) is 0 Å². The van der Waals surface area contributed by atoms with Crippen LogP contribution in [0.4, 0.5) is 0 Å². The summed E-state index contributed by atoms with van der Waals surface area (Å²) in [4.78, 5) is 10.4. The molecule has 0 aliphatic rings. The van der Waals surface area contributed by atoms with Crippen molar-refractivity contribution in [2.45, 2.75) is 18.3 Å². The van der Waals surface area contributed by atoms with E-state index >= 15 is 0 Å². The SMILES string of the molecule is CC(NC(CS)C(=O)O)S(=O)(=O)O. The number of hydrogen-bond acceptors (Lipinski definition) is 5. The van der Waals surface area contributed by atoms with Gasteiger partial charge in [0.25, 0.3) is 10.1 Å². The number of rotatable bonds is 5. The lowest BCUT2D eigenvalue weighted by Crippen LogP contribution is -2.46. The molecule has 0 aliphatic carbocycles. The molecule has 0 aromatic heterocycles. The minimum Gasteiger partial charge on any atom is -0.480 e. The van der Waals surface area contributed by atoms with Gasteiger partial charge in [-0.3, -0.25) is 14.7 Å². The maximum absolute atomic E-state index is 10.5. The van der Waals surface area contributed by atoms with Gasteiger partial charge in [-0.05, 0) is 6.92 Å². The molecule has 0 aromatic rings. The summed E-state index contributed by atoms with van der Waals surface area (Å²) >= 11 is 3.71. The third-order valence-corrected chi connectivity index (χ3v) is 2.76. The van der Waals surface area contributed by atoms with E-state index in [2.05, 4.69) is 17.9 Å². The van der Waals surface area contributed by atoms with E-state index in [1.165, 1.54) is 0 Å². The zero-order valence-electron chi connectivity index (χ0n) is 6.84. The minimum absolute atomic E-state index is 0.0603. The summed E-state index contributed by atoms with van der Waals surface area (Å²) in [6.45, 7) is 1.15. The standard InChI is InChI=1S/C5H11NO5S2/c1-3(13(9,10)11)6-4(2-12)5(7)8/h3-4,6,12H,2H2,1H3,(H,7,8)(H,9,10,11). The molecule has 13 heavy (non-hydrogen) atoms. The van der Waals surface area contributed by atoms with Gasteiger partial charge in [-0.25, -0.2) is 0 Å². The molecule has 0 spiro atoms. The molecule has 0 aliphatic heterocycles. The lowest BCUT2D eigenvalue weighted by Gasteiger charge is -2.15. The van der Waals surface area contributed by atoms with E-state index in [0.717, 1.165) is 6.92 Å². The van der Waals surface area contributed by atoms with E-state index in [-0.39, 0.29) is 5.75 Å². The summed E-state index contributed by atoms with van der Waals surface area (Å²) in [6.07, 6.45) is 0. The predicted octanol–water partition coefficient (Wildman–Crippen LogP) is -0.807. The van der Waals surface area contributed by atoms with Crippen LogP contribution in [0.25, 0.3) is 0 Å². The molecular formula is C5H11NO5S2. The van der Waals surface area contributed by atoms with Crippen LogP contribution in [0, 0.1) is 0 Å². The molecule has 0 aromatic carbocycles. The molecule has 6 nitrogen and oxygen atoms in total. The largest absolute Gasteiger partial charge is 0.480 e. The molecular weight excluding hydrogens is 218 g/mol. The van der Waals surface area contributed by atoms with E-state index in [0.29, 0.717) is 0 Å². The summed E-state index contributed by atoms with van der Waals surface area (Å²) in [6, 6.07) is -1.10. The van der Waals surface area contributed by atoms with Crippen molar-refractivity contribution < 1.29 is 22.9 Å². The third kappa shape index (κ3) is 4.46. The Labute approximate surface area is 81.5 Å². The van der Waals surface area contributed by atoms with Crippen molar-refractivity contribution in [3.05, 3.63) is 0 Å². The molecule has 0 amide bonds. The Morgan fingerprint density at radius 2 is 2.08 bits per heavy atom. The first-order chi connectivity index (χ1) is 5.79. The number of carboxylic acid groups (broad SMARTS) is 1. The fourth-order valence-electron chi connectivity index (χ4n) is 0.571. The molecule has 0 radical (unpaired) electrons. The normalized spacial score (nSPS) is 16.5. The van der Waals surface area contributed by atoms with Crippen LogP contribution in [0.5, 0.6) is 0 Å². The van der Waals surface area contributed by atoms with Crippen molar-refractivity contribution in [1.29, 1.82) is 0 Å². The molecule has 0 heterocycles. The van der Waals surface area contributed by atoms with Crippen molar-refractivity contribution in [1.82, 2.24) is 5.32 Å². The van der Waals surface area contributed by atoms with E-state index < -0.39 is 27.5 Å². The minimum atomic E-state index is -4.25. The Morgan fingerprint density at radius 3 is 2.31 bits per heavy atom. The van der Waals surface area contributed by atoms with Crippen molar-refractivity contribution >= 4 is 28.7 Å².